The molecule has 0 saturated carbocycles. The second-order valence-electron chi connectivity index (χ2n) is 9.32. The first-order valence-electron chi connectivity index (χ1n) is 15.1. The van der Waals surface area contributed by atoms with Gasteiger partial charge in [0.15, 0.2) is 12.4 Å². The Balaban J connectivity index is 0. The molecule has 42 heavy (non-hydrogen) atoms. The maximum atomic E-state index is 12.9. The van der Waals surface area contributed by atoms with Crippen molar-refractivity contribution in [3.63, 3.8) is 0 Å². The molecule has 0 radical (unpaired) electrons. The summed E-state index contributed by atoms with van der Waals surface area (Å²) >= 11 is 12.1. The van der Waals surface area contributed by atoms with E-state index in [1.165, 1.54) is 18.9 Å². The summed E-state index contributed by atoms with van der Waals surface area (Å²) in [4.78, 5) is 48.8. The van der Waals surface area contributed by atoms with Crippen LogP contribution in [-0.2, 0) is 23.9 Å². The highest BCUT2D eigenvalue weighted by Gasteiger charge is 2.39. The number of hydrogen-bond acceptors (Lipinski definition) is 7. The van der Waals surface area contributed by atoms with Crippen LogP contribution < -0.4 is 16.1 Å². The zero-order valence-electron chi connectivity index (χ0n) is 27.0. The molecule has 9 nitrogen and oxygen atoms in total. The van der Waals surface area contributed by atoms with Crippen molar-refractivity contribution in [1.82, 2.24) is 21.1 Å². The number of halogens is 2. The van der Waals surface area contributed by atoms with Gasteiger partial charge in [0.05, 0.1) is 16.6 Å². The highest BCUT2D eigenvalue weighted by molar-refractivity contribution is 6.34. The molecule has 1 aliphatic carbocycles. The number of nitrogens with one attached hydrogen (secondary N) is 3. The van der Waals surface area contributed by atoms with E-state index in [4.69, 9.17) is 27.9 Å². The molecular weight excluding hydrogens is 579 g/mol. The number of unbranched alkanes of at least 4 members (excludes halogenated alkanes) is 1. The average molecular weight is 634 g/mol. The van der Waals surface area contributed by atoms with E-state index in [0.29, 0.717) is 24.4 Å². The lowest BCUT2D eigenvalue weighted by molar-refractivity contribution is -0.146. The van der Waals surface area contributed by atoms with Crippen LogP contribution >= 0.6 is 23.2 Å². The SMILES string of the molecule is CC.CC.CCC(=O)N1NCCC(C(C)C(NC=O)C(=O)COC(=O)C2=C(Cl)C=CC=C(Cl)C2)C1C.CCCCNC. The van der Waals surface area contributed by atoms with Gasteiger partial charge in [0.25, 0.3) is 0 Å². The minimum atomic E-state index is -0.869. The van der Waals surface area contributed by atoms with E-state index in [-0.39, 0.29) is 40.8 Å². The fourth-order valence-electron chi connectivity index (χ4n) is 4.46. The lowest BCUT2D eigenvalue weighted by Gasteiger charge is -2.43. The number of allylic oxidation sites excluding steroid dienone is 5. The van der Waals surface area contributed by atoms with Gasteiger partial charge in [-0.3, -0.25) is 19.4 Å². The van der Waals surface area contributed by atoms with Gasteiger partial charge < -0.3 is 15.4 Å². The second kappa shape index (κ2) is 25.3. The molecule has 1 aliphatic heterocycles. The van der Waals surface area contributed by atoms with Gasteiger partial charge in [-0.2, -0.15) is 0 Å². The first-order chi connectivity index (χ1) is 20.1. The molecule has 0 bridgehead atoms. The van der Waals surface area contributed by atoms with Crippen LogP contribution in [0, 0.1) is 11.8 Å². The fraction of sp³-hybridized carbons (Fsp3) is 0.677. The lowest BCUT2D eigenvalue weighted by atomic mass is 9.78. The Bertz CT molecular complexity index is 904. The predicted octanol–water partition coefficient (Wildman–Crippen LogP) is 5.63. The number of hydrazine groups is 1. The summed E-state index contributed by atoms with van der Waals surface area (Å²) in [6.07, 6.45) is 8.99. The van der Waals surface area contributed by atoms with E-state index in [9.17, 15) is 19.2 Å². The van der Waals surface area contributed by atoms with Crippen LogP contribution in [0.1, 0.15) is 87.5 Å². The van der Waals surface area contributed by atoms with Gasteiger partial charge in [-0.25, -0.2) is 10.2 Å². The van der Waals surface area contributed by atoms with E-state index in [0.717, 1.165) is 13.0 Å². The van der Waals surface area contributed by atoms with E-state index in [2.05, 4.69) is 23.0 Å². The maximum Gasteiger partial charge on any atom is 0.336 e. The molecule has 1 saturated heterocycles. The Morgan fingerprint density at radius 3 is 2.36 bits per heavy atom. The van der Waals surface area contributed by atoms with Crippen molar-refractivity contribution in [2.75, 3.05) is 26.7 Å². The highest BCUT2D eigenvalue weighted by Crippen LogP contribution is 2.29. The summed E-state index contributed by atoms with van der Waals surface area (Å²) in [5.41, 5.74) is 3.25. The standard InChI is InChI=1S/C22H29Cl2N3O5.C5H13N.2C2H6/c1-4-20(30)27-14(3)16(8-9-26-27)13(2)21(25-12-28)19(29)11-32-22(31)17-10-15(23)6-5-7-18(17)24;1-3-4-5-6-2;2*1-2/h5-7,12-14,16,21,26H,4,8-11H2,1-3H3,(H,25,28);6H,3-5H2,1-2H3;2*1-2H3. The monoisotopic (exact) mass is 632 g/mol. The van der Waals surface area contributed by atoms with E-state index >= 15 is 0 Å². The van der Waals surface area contributed by atoms with Crippen molar-refractivity contribution in [3.05, 3.63) is 33.9 Å². The molecule has 0 aromatic carbocycles. The molecule has 4 atom stereocenters. The van der Waals surface area contributed by atoms with Gasteiger partial charge in [-0.15, -0.1) is 0 Å². The number of rotatable bonds is 12. The van der Waals surface area contributed by atoms with Crippen LogP contribution in [0.3, 0.4) is 0 Å². The lowest BCUT2D eigenvalue weighted by Crippen LogP contribution is -2.59. The zero-order chi connectivity index (χ0) is 32.7. The van der Waals surface area contributed by atoms with Crippen molar-refractivity contribution < 1.29 is 23.9 Å². The van der Waals surface area contributed by atoms with Crippen LogP contribution in [0.25, 0.3) is 0 Å². The Morgan fingerprint density at radius 1 is 1.19 bits per heavy atom. The summed E-state index contributed by atoms with van der Waals surface area (Å²) in [5, 5.41) is 7.83. The third kappa shape index (κ3) is 14.8. The number of carbonyl (C=O) groups excluding carboxylic acids is 4. The van der Waals surface area contributed by atoms with Crippen LogP contribution in [0.5, 0.6) is 0 Å². The summed E-state index contributed by atoms with van der Waals surface area (Å²) in [6, 6.07) is -1.04. The van der Waals surface area contributed by atoms with E-state index in [1.54, 1.807) is 24.1 Å². The maximum absolute atomic E-state index is 12.9. The Morgan fingerprint density at radius 2 is 1.83 bits per heavy atom. The van der Waals surface area contributed by atoms with E-state index in [1.807, 2.05) is 48.6 Å². The molecule has 2 rings (SSSR count). The molecule has 3 N–H and O–H groups in total. The summed E-state index contributed by atoms with van der Waals surface area (Å²) in [6.45, 7) is 17.0. The molecule has 1 fully saturated rings. The van der Waals surface area contributed by atoms with E-state index < -0.39 is 24.4 Å². The minimum absolute atomic E-state index is 0.0372. The summed E-state index contributed by atoms with van der Waals surface area (Å²) in [5.74, 6) is -1.56. The van der Waals surface area contributed by atoms with Gasteiger partial charge in [-0.05, 0) is 57.3 Å². The molecule has 2 amide bonds. The minimum Gasteiger partial charge on any atom is -0.454 e. The van der Waals surface area contributed by atoms with Crippen LogP contribution in [0.2, 0.25) is 0 Å². The van der Waals surface area contributed by atoms with Crippen LogP contribution in [0.4, 0.5) is 0 Å². The number of ketones is 1. The number of esters is 1. The van der Waals surface area contributed by atoms with Gasteiger partial charge in [0.2, 0.25) is 12.3 Å². The number of hydrogen-bond donors (Lipinski definition) is 3. The Hall–Kier alpha value is -2.20. The number of Topliss-reactive ketones (excluding diaryl/α,β-unsaturated/α-hetero) is 1. The molecule has 0 spiro atoms. The van der Waals surface area contributed by atoms with Crippen molar-refractivity contribution in [3.8, 4) is 0 Å². The van der Waals surface area contributed by atoms with Gasteiger partial charge >= 0.3 is 5.97 Å². The highest BCUT2D eigenvalue weighted by atomic mass is 35.5. The van der Waals surface area contributed by atoms with Crippen molar-refractivity contribution >= 4 is 47.3 Å². The van der Waals surface area contributed by atoms with Crippen LogP contribution in [-0.4, -0.2) is 67.9 Å². The summed E-state index contributed by atoms with van der Waals surface area (Å²) < 4.78 is 5.20. The van der Waals surface area contributed by atoms with Gasteiger partial charge in [-0.1, -0.05) is 84.2 Å². The normalized spacial score (nSPS) is 19.1. The first kappa shape index (κ1) is 41.9. The smallest absolute Gasteiger partial charge is 0.336 e. The molecule has 0 aromatic rings. The number of ether oxygens (including phenoxy) is 1. The molecule has 4 unspecified atom stereocenters. The molecule has 0 aromatic heterocycles. The van der Waals surface area contributed by atoms with Crippen LogP contribution in [0.15, 0.2) is 33.9 Å². The van der Waals surface area contributed by atoms with Crippen molar-refractivity contribution in [2.45, 2.75) is 99.6 Å². The predicted molar refractivity (Wildman–Crippen MR) is 173 cm³/mol. The quantitative estimate of drug-likeness (QED) is 0.145. The first-order valence-corrected chi connectivity index (χ1v) is 15.9. The van der Waals surface area contributed by atoms with Crippen molar-refractivity contribution in [1.29, 1.82) is 0 Å². The number of carbonyl (C=O) groups is 4. The third-order valence-corrected chi connectivity index (χ3v) is 7.29. The fourth-order valence-corrected chi connectivity index (χ4v) is 4.88. The Kier molecular flexibility index (Phi) is 25.3. The zero-order valence-corrected chi connectivity index (χ0v) is 28.5. The van der Waals surface area contributed by atoms with Gasteiger partial charge in [0.1, 0.15) is 0 Å². The molecular formula is C31H54Cl2N4O5. The number of amides is 2. The number of nitrogens with zero attached hydrogens (tertiary/aromatic N) is 1. The van der Waals surface area contributed by atoms with Crippen molar-refractivity contribution in [2.24, 2.45) is 11.8 Å². The second-order valence-corrected chi connectivity index (χ2v) is 10.2. The average Bonchev–Trinajstić information content (AvgIpc) is 3.18. The largest absolute Gasteiger partial charge is 0.454 e. The molecule has 242 valence electrons. The summed E-state index contributed by atoms with van der Waals surface area (Å²) in [7, 11) is 1.98. The van der Waals surface area contributed by atoms with Gasteiger partial charge in [0, 0.05) is 30.5 Å². The molecule has 1 heterocycles. The molecule has 11 heteroatoms. The topological polar surface area (TPSA) is 117 Å². The third-order valence-electron chi connectivity index (χ3n) is 6.68. The molecule has 2 aliphatic rings. The Labute approximate surface area is 263 Å².